The summed E-state index contributed by atoms with van der Waals surface area (Å²) in [5, 5.41) is 13.6. The number of allylic oxidation sites excluding steroid dienone is 1. The minimum atomic E-state index is 0.663. The highest BCUT2D eigenvalue weighted by atomic mass is 32.2. The Morgan fingerprint density at radius 3 is 2.83 bits per heavy atom. The number of thioether (sulfide) groups is 1. The van der Waals surface area contributed by atoms with Gasteiger partial charge < -0.3 is 4.52 Å². The number of nitrogens with zero attached hydrogens (tertiary/aromatic N) is 4. The Morgan fingerprint density at radius 1 is 1.26 bits per heavy atom. The average Bonchev–Trinajstić information content (AvgIpc) is 3.12. The van der Waals surface area contributed by atoms with Gasteiger partial charge in [0, 0.05) is 23.9 Å². The Labute approximate surface area is 139 Å². The second-order valence-electron chi connectivity index (χ2n) is 5.29. The lowest BCUT2D eigenvalue weighted by Crippen LogP contribution is -2.00. The van der Waals surface area contributed by atoms with E-state index in [4.69, 9.17) is 4.52 Å². The monoisotopic (exact) mass is 326 g/mol. The first-order chi connectivity index (χ1) is 11.2. The zero-order chi connectivity index (χ0) is 16.2. The van der Waals surface area contributed by atoms with Crippen molar-refractivity contribution in [1.82, 2.24) is 19.9 Å². The van der Waals surface area contributed by atoms with Gasteiger partial charge >= 0.3 is 0 Å². The van der Waals surface area contributed by atoms with Crippen molar-refractivity contribution in [2.75, 3.05) is 0 Å². The van der Waals surface area contributed by atoms with Gasteiger partial charge in [-0.3, -0.25) is 4.57 Å². The predicted octanol–water partition coefficient (Wildman–Crippen LogP) is 4.03. The molecule has 0 aliphatic heterocycles. The van der Waals surface area contributed by atoms with Gasteiger partial charge in [-0.25, -0.2) is 0 Å². The molecule has 1 aromatic carbocycles. The van der Waals surface area contributed by atoms with E-state index in [0.717, 1.165) is 28.0 Å². The zero-order valence-corrected chi connectivity index (χ0v) is 14.0. The Morgan fingerprint density at radius 2 is 2.13 bits per heavy atom. The summed E-state index contributed by atoms with van der Waals surface area (Å²) in [6, 6.07) is 10.2. The van der Waals surface area contributed by atoms with Gasteiger partial charge in [-0.1, -0.05) is 46.8 Å². The minimum Gasteiger partial charge on any atom is -0.361 e. The van der Waals surface area contributed by atoms with Crippen LogP contribution in [0.25, 0.3) is 11.4 Å². The number of rotatable bonds is 6. The van der Waals surface area contributed by atoms with E-state index in [2.05, 4.69) is 45.6 Å². The molecule has 118 valence electrons. The molecule has 6 heteroatoms. The first kappa shape index (κ1) is 15.6. The second-order valence-corrected chi connectivity index (χ2v) is 6.24. The van der Waals surface area contributed by atoms with Crippen LogP contribution in [-0.4, -0.2) is 19.9 Å². The van der Waals surface area contributed by atoms with Crippen LogP contribution in [0.3, 0.4) is 0 Å². The van der Waals surface area contributed by atoms with Gasteiger partial charge in [0.15, 0.2) is 11.0 Å². The predicted molar refractivity (Wildman–Crippen MR) is 91.2 cm³/mol. The van der Waals surface area contributed by atoms with Crippen LogP contribution in [-0.2, 0) is 12.3 Å². The topological polar surface area (TPSA) is 56.7 Å². The fourth-order valence-corrected chi connectivity index (χ4v) is 3.14. The lowest BCUT2D eigenvalue weighted by atomic mass is 10.1. The molecule has 3 rings (SSSR count). The van der Waals surface area contributed by atoms with Gasteiger partial charge in [0.05, 0.1) is 5.69 Å². The van der Waals surface area contributed by atoms with Gasteiger partial charge in [-0.15, -0.1) is 16.8 Å². The first-order valence-corrected chi connectivity index (χ1v) is 8.32. The third kappa shape index (κ3) is 3.53. The maximum Gasteiger partial charge on any atom is 0.192 e. The molecule has 0 aliphatic carbocycles. The number of aromatic nitrogens is 4. The summed E-state index contributed by atoms with van der Waals surface area (Å²) in [7, 11) is 0. The number of benzene rings is 1. The number of hydrogen-bond acceptors (Lipinski definition) is 5. The molecule has 3 aromatic rings. The largest absolute Gasteiger partial charge is 0.361 e. The van der Waals surface area contributed by atoms with E-state index in [9.17, 15) is 0 Å². The molecule has 0 atom stereocenters. The fourth-order valence-electron chi connectivity index (χ4n) is 2.31. The molecule has 0 amide bonds. The van der Waals surface area contributed by atoms with Gasteiger partial charge in [0.1, 0.15) is 5.76 Å². The smallest absolute Gasteiger partial charge is 0.192 e. The van der Waals surface area contributed by atoms with Crippen LogP contribution < -0.4 is 0 Å². The molecule has 0 radical (unpaired) electrons. The maximum atomic E-state index is 5.10. The standard InChI is InChI=1S/C17H18N4OS/c1-4-8-21-16(14-7-5-6-12(2)9-14)18-19-17(21)23-11-15-10-13(3)22-20-15/h4-7,9-10H,1,8,11H2,2-3H3. The fraction of sp³-hybridized carbons (Fsp3) is 0.235. The van der Waals surface area contributed by atoms with Crippen molar-refractivity contribution in [2.45, 2.75) is 31.3 Å². The van der Waals surface area contributed by atoms with E-state index in [1.54, 1.807) is 11.8 Å². The Bertz CT molecular complexity index is 822. The molecule has 5 nitrogen and oxygen atoms in total. The highest BCUT2D eigenvalue weighted by Crippen LogP contribution is 2.26. The van der Waals surface area contributed by atoms with E-state index in [0.29, 0.717) is 12.3 Å². The van der Waals surface area contributed by atoms with Crippen molar-refractivity contribution in [2.24, 2.45) is 0 Å². The molecular formula is C17H18N4OS. The number of hydrogen-bond donors (Lipinski definition) is 0. The van der Waals surface area contributed by atoms with Gasteiger partial charge in [0.25, 0.3) is 0 Å². The van der Waals surface area contributed by atoms with E-state index >= 15 is 0 Å². The van der Waals surface area contributed by atoms with Crippen molar-refractivity contribution in [3.8, 4) is 11.4 Å². The molecule has 0 aliphatic rings. The number of aryl methyl sites for hydroxylation is 2. The summed E-state index contributed by atoms with van der Waals surface area (Å²) >= 11 is 1.59. The highest BCUT2D eigenvalue weighted by molar-refractivity contribution is 7.98. The molecule has 2 heterocycles. The van der Waals surface area contributed by atoms with Gasteiger partial charge in [-0.2, -0.15) is 0 Å². The molecule has 0 spiro atoms. The third-order valence-corrected chi connectivity index (χ3v) is 4.33. The van der Waals surface area contributed by atoms with Crippen LogP contribution in [0.1, 0.15) is 17.0 Å². The molecule has 0 saturated carbocycles. The molecule has 0 fully saturated rings. The lowest BCUT2D eigenvalue weighted by Gasteiger charge is -2.07. The van der Waals surface area contributed by atoms with Crippen molar-refractivity contribution in [3.63, 3.8) is 0 Å². The van der Waals surface area contributed by atoms with Crippen LogP contribution in [0.4, 0.5) is 0 Å². The third-order valence-electron chi connectivity index (χ3n) is 3.33. The molecule has 0 bridgehead atoms. The molecule has 23 heavy (non-hydrogen) atoms. The second kappa shape index (κ2) is 6.83. The Balaban J connectivity index is 1.87. The van der Waals surface area contributed by atoms with Crippen LogP contribution in [0.5, 0.6) is 0 Å². The van der Waals surface area contributed by atoms with Crippen molar-refractivity contribution in [1.29, 1.82) is 0 Å². The normalized spacial score (nSPS) is 10.9. The SMILES string of the molecule is C=CCn1c(SCc2cc(C)on2)nnc1-c1cccc(C)c1. The molecule has 2 aromatic heterocycles. The quantitative estimate of drug-likeness (QED) is 0.505. The highest BCUT2D eigenvalue weighted by Gasteiger charge is 2.14. The Kier molecular flexibility index (Phi) is 4.62. The van der Waals surface area contributed by atoms with E-state index in [1.165, 1.54) is 5.56 Å². The van der Waals surface area contributed by atoms with Crippen LogP contribution in [0.2, 0.25) is 0 Å². The molecule has 0 unspecified atom stereocenters. The molecular weight excluding hydrogens is 308 g/mol. The summed E-state index contributed by atoms with van der Waals surface area (Å²) < 4.78 is 7.16. The first-order valence-electron chi connectivity index (χ1n) is 7.33. The Hall–Kier alpha value is -2.34. The molecule has 0 N–H and O–H groups in total. The summed E-state index contributed by atoms with van der Waals surface area (Å²) in [5.74, 6) is 2.36. The van der Waals surface area contributed by atoms with Gasteiger partial charge in [-0.05, 0) is 19.9 Å². The van der Waals surface area contributed by atoms with E-state index in [-0.39, 0.29) is 0 Å². The summed E-state index contributed by atoms with van der Waals surface area (Å²) in [5.41, 5.74) is 3.16. The van der Waals surface area contributed by atoms with Crippen molar-refractivity contribution < 1.29 is 4.52 Å². The molecule has 0 saturated heterocycles. The van der Waals surface area contributed by atoms with Crippen molar-refractivity contribution >= 4 is 11.8 Å². The van der Waals surface area contributed by atoms with E-state index < -0.39 is 0 Å². The maximum absolute atomic E-state index is 5.10. The average molecular weight is 326 g/mol. The summed E-state index contributed by atoms with van der Waals surface area (Å²) in [6.45, 7) is 8.46. The van der Waals surface area contributed by atoms with Crippen LogP contribution in [0, 0.1) is 13.8 Å². The summed E-state index contributed by atoms with van der Waals surface area (Å²) in [6.07, 6.45) is 1.85. The van der Waals surface area contributed by atoms with Gasteiger partial charge in [0.2, 0.25) is 0 Å². The minimum absolute atomic E-state index is 0.663. The summed E-state index contributed by atoms with van der Waals surface area (Å²) in [4.78, 5) is 0. The van der Waals surface area contributed by atoms with Crippen LogP contribution >= 0.6 is 11.8 Å². The lowest BCUT2D eigenvalue weighted by molar-refractivity contribution is 0.393. The zero-order valence-electron chi connectivity index (χ0n) is 13.2. The van der Waals surface area contributed by atoms with E-state index in [1.807, 2.05) is 31.2 Å². The van der Waals surface area contributed by atoms with Crippen LogP contribution in [0.15, 0.2) is 52.7 Å². The van der Waals surface area contributed by atoms with Crippen molar-refractivity contribution in [3.05, 3.63) is 60.0 Å².